The molecule has 0 radical (unpaired) electrons. The minimum atomic E-state index is -3.51. The first-order valence-electron chi connectivity index (χ1n) is 10.8. The van der Waals surface area contributed by atoms with Crippen LogP contribution in [0.3, 0.4) is 0 Å². The maximum absolute atomic E-state index is 13.7. The lowest BCUT2D eigenvalue weighted by Crippen LogP contribution is -2.45. The van der Waals surface area contributed by atoms with Crippen molar-refractivity contribution in [2.75, 3.05) is 24.5 Å². The Kier molecular flexibility index (Phi) is 6.72. The number of hydrogen-bond donors (Lipinski definition) is 0. The first-order chi connectivity index (χ1) is 16.4. The summed E-state index contributed by atoms with van der Waals surface area (Å²) in [5, 5.41) is 7.13. The molecule has 1 aliphatic heterocycles. The second kappa shape index (κ2) is 9.74. The van der Waals surface area contributed by atoms with Gasteiger partial charge in [-0.3, -0.25) is 14.4 Å². The SMILES string of the molecule is O=C(C1CCN(S(=O)(=O)c2cccs2)CC1)N(CCn1cccn1)c1nc2c(Cl)cccc2s1. The number of para-hydroxylation sites is 1. The van der Waals surface area contributed by atoms with Crippen LogP contribution >= 0.6 is 34.3 Å². The van der Waals surface area contributed by atoms with Gasteiger partial charge in [-0.2, -0.15) is 9.40 Å². The Morgan fingerprint density at radius 1 is 1.18 bits per heavy atom. The summed E-state index contributed by atoms with van der Waals surface area (Å²) in [6.45, 7) is 1.56. The number of amides is 1. The number of carbonyl (C=O) groups is 1. The van der Waals surface area contributed by atoms with Crippen molar-refractivity contribution in [3.8, 4) is 0 Å². The van der Waals surface area contributed by atoms with Crippen LogP contribution in [0.1, 0.15) is 12.8 Å². The van der Waals surface area contributed by atoms with Gasteiger partial charge >= 0.3 is 0 Å². The molecule has 3 aromatic heterocycles. The van der Waals surface area contributed by atoms with Crippen LogP contribution < -0.4 is 4.90 Å². The van der Waals surface area contributed by atoms with E-state index < -0.39 is 10.0 Å². The third-order valence-electron chi connectivity index (χ3n) is 5.86. The van der Waals surface area contributed by atoms with Gasteiger partial charge in [0.2, 0.25) is 5.91 Å². The zero-order chi connectivity index (χ0) is 23.7. The Morgan fingerprint density at radius 2 is 2.00 bits per heavy atom. The Labute approximate surface area is 210 Å². The zero-order valence-electron chi connectivity index (χ0n) is 18.1. The number of halogens is 1. The predicted octanol–water partition coefficient (Wildman–Crippen LogP) is 4.34. The van der Waals surface area contributed by atoms with Crippen molar-refractivity contribution >= 4 is 65.6 Å². The fourth-order valence-electron chi connectivity index (χ4n) is 4.05. The molecule has 12 heteroatoms. The number of thiazole rings is 1. The molecule has 1 fully saturated rings. The van der Waals surface area contributed by atoms with Crippen LogP contribution in [0.2, 0.25) is 5.02 Å². The van der Waals surface area contributed by atoms with Crippen molar-refractivity contribution in [3.05, 3.63) is 59.2 Å². The standard InChI is InChI=1S/C22H22ClN5O3S3/c23-17-4-1-5-18-20(17)25-22(33-18)28(14-13-26-10-3-9-24-26)21(29)16-7-11-27(12-8-16)34(30,31)19-6-2-15-32-19/h1-6,9-10,15-16H,7-8,11-14H2. The van der Waals surface area contributed by atoms with E-state index in [2.05, 4.69) is 10.1 Å². The highest BCUT2D eigenvalue weighted by atomic mass is 35.5. The molecular formula is C22H22ClN5O3S3. The summed E-state index contributed by atoms with van der Waals surface area (Å²) in [4.78, 5) is 20.0. The number of sulfonamides is 1. The van der Waals surface area contributed by atoms with E-state index in [-0.39, 0.29) is 11.8 Å². The first-order valence-corrected chi connectivity index (χ1v) is 14.3. The first kappa shape index (κ1) is 23.4. The Hall–Kier alpha value is -2.31. The van der Waals surface area contributed by atoms with Crippen LogP contribution in [0.15, 0.2) is 58.4 Å². The van der Waals surface area contributed by atoms with E-state index >= 15 is 0 Å². The number of hydrogen-bond acceptors (Lipinski definition) is 7. The molecule has 0 spiro atoms. The average Bonchev–Trinajstić information content (AvgIpc) is 3.61. The van der Waals surface area contributed by atoms with Crippen LogP contribution in [0.25, 0.3) is 10.2 Å². The summed E-state index contributed by atoms with van der Waals surface area (Å²) in [6.07, 6.45) is 4.49. The van der Waals surface area contributed by atoms with E-state index in [9.17, 15) is 13.2 Å². The number of rotatable bonds is 7. The molecular weight excluding hydrogens is 514 g/mol. The quantitative estimate of drug-likeness (QED) is 0.351. The molecule has 34 heavy (non-hydrogen) atoms. The lowest BCUT2D eigenvalue weighted by molar-refractivity contribution is -0.123. The van der Waals surface area contributed by atoms with Crippen LogP contribution in [0, 0.1) is 5.92 Å². The zero-order valence-corrected chi connectivity index (χ0v) is 21.3. The van der Waals surface area contributed by atoms with E-state index in [1.165, 1.54) is 27.0 Å². The number of anilines is 1. The molecule has 1 saturated heterocycles. The molecule has 1 aromatic carbocycles. The average molecular weight is 536 g/mol. The molecule has 0 aliphatic carbocycles. The highest BCUT2D eigenvalue weighted by Gasteiger charge is 2.35. The molecule has 1 aliphatic rings. The third kappa shape index (κ3) is 4.63. The monoisotopic (exact) mass is 535 g/mol. The molecule has 5 rings (SSSR count). The van der Waals surface area contributed by atoms with Gasteiger partial charge in [-0.15, -0.1) is 11.3 Å². The fourth-order valence-corrected chi connectivity index (χ4v) is 7.97. The smallest absolute Gasteiger partial charge is 0.252 e. The van der Waals surface area contributed by atoms with Crippen molar-refractivity contribution in [2.24, 2.45) is 5.92 Å². The van der Waals surface area contributed by atoms with Crippen molar-refractivity contribution in [2.45, 2.75) is 23.6 Å². The number of nitrogens with zero attached hydrogens (tertiary/aromatic N) is 5. The summed E-state index contributed by atoms with van der Waals surface area (Å²) >= 11 is 8.97. The van der Waals surface area contributed by atoms with Crippen LogP contribution in [0.5, 0.6) is 0 Å². The number of fused-ring (bicyclic) bond motifs is 1. The van der Waals surface area contributed by atoms with E-state index in [4.69, 9.17) is 11.6 Å². The lowest BCUT2D eigenvalue weighted by atomic mass is 9.96. The van der Waals surface area contributed by atoms with Gasteiger partial charge in [0.15, 0.2) is 5.13 Å². The van der Waals surface area contributed by atoms with E-state index in [0.717, 1.165) is 4.70 Å². The normalized spacial score (nSPS) is 15.7. The van der Waals surface area contributed by atoms with Crippen LogP contribution in [-0.2, 0) is 21.4 Å². The second-order valence-electron chi connectivity index (χ2n) is 7.95. The number of benzene rings is 1. The Morgan fingerprint density at radius 3 is 2.68 bits per heavy atom. The Bertz CT molecular complexity index is 1380. The maximum atomic E-state index is 13.7. The van der Waals surface area contributed by atoms with Gasteiger partial charge in [0.25, 0.3) is 10.0 Å². The van der Waals surface area contributed by atoms with Crippen molar-refractivity contribution in [1.29, 1.82) is 0 Å². The number of piperidine rings is 1. The van der Waals surface area contributed by atoms with Gasteiger partial charge in [0.05, 0.1) is 16.3 Å². The second-order valence-corrected chi connectivity index (χ2v) is 12.5. The highest BCUT2D eigenvalue weighted by molar-refractivity contribution is 7.91. The molecule has 1 amide bonds. The lowest BCUT2D eigenvalue weighted by Gasteiger charge is -2.32. The molecule has 0 saturated carbocycles. The van der Waals surface area contributed by atoms with Gasteiger partial charge in [-0.1, -0.05) is 35.1 Å². The summed E-state index contributed by atoms with van der Waals surface area (Å²) in [6, 6.07) is 10.8. The molecule has 178 valence electrons. The predicted molar refractivity (Wildman–Crippen MR) is 135 cm³/mol. The fraction of sp³-hybridized carbons (Fsp3) is 0.318. The summed E-state index contributed by atoms with van der Waals surface area (Å²) in [5.74, 6) is -0.328. The van der Waals surface area contributed by atoms with Crippen LogP contribution in [-0.4, -0.2) is 53.0 Å². The minimum absolute atomic E-state index is 0.0458. The minimum Gasteiger partial charge on any atom is -0.286 e. The largest absolute Gasteiger partial charge is 0.286 e. The summed E-state index contributed by atoms with van der Waals surface area (Å²) in [5.41, 5.74) is 0.679. The van der Waals surface area contributed by atoms with Gasteiger partial charge in [-0.05, 0) is 42.5 Å². The molecule has 0 unspecified atom stereocenters. The molecule has 8 nitrogen and oxygen atoms in total. The van der Waals surface area contributed by atoms with Crippen molar-refractivity contribution in [3.63, 3.8) is 0 Å². The Balaban J connectivity index is 1.35. The van der Waals surface area contributed by atoms with E-state index in [1.54, 1.807) is 39.4 Å². The van der Waals surface area contributed by atoms with E-state index in [1.807, 2.05) is 24.4 Å². The number of carbonyl (C=O) groups excluding carboxylic acids is 1. The van der Waals surface area contributed by atoms with Crippen LogP contribution in [0.4, 0.5) is 5.13 Å². The van der Waals surface area contributed by atoms with Gasteiger partial charge in [0.1, 0.15) is 9.73 Å². The van der Waals surface area contributed by atoms with Gasteiger partial charge in [-0.25, -0.2) is 13.4 Å². The molecule has 0 bridgehead atoms. The van der Waals surface area contributed by atoms with Crippen molar-refractivity contribution in [1.82, 2.24) is 19.1 Å². The summed E-state index contributed by atoms with van der Waals surface area (Å²) < 4.78 is 30.2. The summed E-state index contributed by atoms with van der Waals surface area (Å²) in [7, 11) is -3.51. The molecule has 0 atom stereocenters. The maximum Gasteiger partial charge on any atom is 0.252 e. The third-order valence-corrected chi connectivity index (χ3v) is 10.5. The molecule has 4 heterocycles. The van der Waals surface area contributed by atoms with Gasteiger partial charge < -0.3 is 0 Å². The highest BCUT2D eigenvalue weighted by Crippen LogP contribution is 2.35. The molecule has 0 N–H and O–H groups in total. The van der Waals surface area contributed by atoms with Crippen molar-refractivity contribution < 1.29 is 13.2 Å². The molecule has 4 aromatic rings. The number of aromatic nitrogens is 3. The number of thiophene rings is 1. The van der Waals surface area contributed by atoms with E-state index in [0.29, 0.717) is 58.9 Å². The topological polar surface area (TPSA) is 88.4 Å². The van der Waals surface area contributed by atoms with Gasteiger partial charge in [0, 0.05) is 37.9 Å².